The summed E-state index contributed by atoms with van der Waals surface area (Å²) in [6.45, 7) is 2.02. The summed E-state index contributed by atoms with van der Waals surface area (Å²) < 4.78 is 10.5. The smallest absolute Gasteiger partial charge is 0.339 e. The summed E-state index contributed by atoms with van der Waals surface area (Å²) in [5.74, 6) is -0.626. The zero-order valence-electron chi connectivity index (χ0n) is 12.4. The molecular formula is C16H17NO5. The lowest BCUT2D eigenvalue weighted by atomic mass is 10.2. The molecule has 0 saturated carbocycles. The number of nitrogens with one attached hydrogen (secondary N) is 1. The molecule has 0 bridgehead atoms. The van der Waals surface area contributed by atoms with E-state index in [1.165, 1.54) is 6.07 Å². The molecule has 0 fully saturated rings. The van der Waals surface area contributed by atoms with Crippen molar-refractivity contribution in [2.45, 2.75) is 19.9 Å². The Kier molecular flexibility index (Phi) is 4.83. The van der Waals surface area contributed by atoms with Crippen LogP contribution in [0, 0.1) is 0 Å². The molecule has 0 unspecified atom stereocenters. The number of carboxylic acid groups (broad SMARTS) is 1. The summed E-state index contributed by atoms with van der Waals surface area (Å²) in [5.41, 5.74) is 0.837. The molecule has 0 radical (unpaired) electrons. The van der Waals surface area contributed by atoms with E-state index in [2.05, 4.69) is 5.32 Å². The maximum absolute atomic E-state index is 12.1. The van der Waals surface area contributed by atoms with E-state index in [1.807, 2.05) is 18.2 Å². The van der Waals surface area contributed by atoms with Crippen LogP contribution in [-0.4, -0.2) is 24.1 Å². The van der Waals surface area contributed by atoms with Crippen LogP contribution in [0.3, 0.4) is 0 Å². The molecule has 0 spiro atoms. The van der Waals surface area contributed by atoms with Gasteiger partial charge in [0.15, 0.2) is 5.76 Å². The molecule has 6 heteroatoms. The number of methoxy groups -OCH3 is 1. The van der Waals surface area contributed by atoms with Crippen molar-refractivity contribution in [2.24, 2.45) is 0 Å². The Morgan fingerprint density at radius 2 is 2.05 bits per heavy atom. The minimum atomic E-state index is -1.11. The molecule has 1 amide bonds. The van der Waals surface area contributed by atoms with Crippen molar-refractivity contribution in [3.05, 3.63) is 53.0 Å². The lowest BCUT2D eigenvalue weighted by Gasteiger charge is -2.08. The van der Waals surface area contributed by atoms with Crippen LogP contribution in [-0.2, 0) is 13.0 Å². The summed E-state index contributed by atoms with van der Waals surface area (Å²) in [6, 6.07) is 8.56. The van der Waals surface area contributed by atoms with Crippen LogP contribution in [0.5, 0.6) is 5.75 Å². The quantitative estimate of drug-likeness (QED) is 0.855. The Morgan fingerprint density at radius 1 is 1.32 bits per heavy atom. The Bertz CT molecular complexity index is 690. The predicted molar refractivity (Wildman–Crippen MR) is 79.2 cm³/mol. The zero-order valence-corrected chi connectivity index (χ0v) is 12.4. The molecule has 22 heavy (non-hydrogen) atoms. The van der Waals surface area contributed by atoms with Crippen LogP contribution < -0.4 is 10.1 Å². The van der Waals surface area contributed by atoms with Gasteiger partial charge in [0, 0.05) is 24.6 Å². The van der Waals surface area contributed by atoms with Crippen LogP contribution in [0.25, 0.3) is 0 Å². The van der Waals surface area contributed by atoms with Crippen LogP contribution in [0.4, 0.5) is 0 Å². The number of carbonyl (C=O) groups excluding carboxylic acids is 1. The van der Waals surface area contributed by atoms with Crippen molar-refractivity contribution in [1.82, 2.24) is 5.32 Å². The fraction of sp³-hybridized carbons (Fsp3) is 0.250. The number of rotatable bonds is 6. The molecule has 2 aromatic rings. The second-order valence-electron chi connectivity index (χ2n) is 4.60. The van der Waals surface area contributed by atoms with E-state index in [9.17, 15) is 9.59 Å². The second kappa shape index (κ2) is 6.80. The number of para-hydroxylation sites is 1. The molecule has 116 valence electrons. The minimum Gasteiger partial charge on any atom is -0.496 e. The highest BCUT2D eigenvalue weighted by molar-refractivity contribution is 5.96. The fourth-order valence-electron chi connectivity index (χ4n) is 2.10. The summed E-state index contributed by atoms with van der Waals surface area (Å²) in [4.78, 5) is 23.2. The van der Waals surface area contributed by atoms with Gasteiger partial charge < -0.3 is 19.6 Å². The number of carboxylic acids is 1. The summed E-state index contributed by atoms with van der Waals surface area (Å²) in [6.07, 6.45) is 0.404. The van der Waals surface area contributed by atoms with Crippen LogP contribution >= 0.6 is 0 Å². The Morgan fingerprint density at radius 3 is 2.64 bits per heavy atom. The average Bonchev–Trinajstić information content (AvgIpc) is 2.97. The minimum absolute atomic E-state index is 0.0100. The lowest BCUT2D eigenvalue weighted by Crippen LogP contribution is -2.22. The first kappa shape index (κ1) is 15.6. The molecule has 1 heterocycles. The first-order valence-electron chi connectivity index (χ1n) is 6.82. The van der Waals surface area contributed by atoms with E-state index in [0.717, 1.165) is 5.56 Å². The first-order chi connectivity index (χ1) is 10.6. The maximum Gasteiger partial charge on any atom is 0.339 e. The maximum atomic E-state index is 12.1. The molecule has 1 aromatic carbocycles. The van der Waals surface area contributed by atoms with E-state index in [-0.39, 0.29) is 23.6 Å². The van der Waals surface area contributed by atoms with Crippen molar-refractivity contribution in [2.75, 3.05) is 7.11 Å². The summed E-state index contributed by atoms with van der Waals surface area (Å²) in [5, 5.41) is 11.7. The number of carbonyl (C=O) groups is 2. The fourth-order valence-corrected chi connectivity index (χ4v) is 2.10. The van der Waals surface area contributed by atoms with Gasteiger partial charge in [-0.05, 0) is 6.07 Å². The van der Waals surface area contributed by atoms with Gasteiger partial charge in [-0.25, -0.2) is 4.79 Å². The molecule has 6 nitrogen and oxygen atoms in total. The van der Waals surface area contributed by atoms with Gasteiger partial charge in [-0.2, -0.15) is 0 Å². The number of hydrogen-bond donors (Lipinski definition) is 2. The standard InChI is InChI=1S/C16H17NO5/c1-3-12-11(16(19)20)8-14(22-12)15(18)17-9-10-6-4-5-7-13(10)21-2/h4-8H,3,9H2,1-2H3,(H,17,18)(H,19,20). The lowest BCUT2D eigenvalue weighted by molar-refractivity contribution is 0.0694. The molecule has 0 aliphatic rings. The first-order valence-corrected chi connectivity index (χ1v) is 6.82. The number of benzene rings is 1. The number of amides is 1. The summed E-state index contributed by atoms with van der Waals surface area (Å²) >= 11 is 0. The highest BCUT2D eigenvalue weighted by atomic mass is 16.5. The third kappa shape index (κ3) is 3.28. The van der Waals surface area contributed by atoms with Gasteiger partial charge in [-0.15, -0.1) is 0 Å². The van der Waals surface area contributed by atoms with Crippen molar-refractivity contribution >= 4 is 11.9 Å². The number of aromatic carboxylic acids is 1. The molecule has 1 aromatic heterocycles. The van der Waals surface area contributed by atoms with Crippen molar-refractivity contribution in [3.8, 4) is 5.75 Å². The zero-order chi connectivity index (χ0) is 16.1. The Balaban J connectivity index is 2.11. The molecular weight excluding hydrogens is 286 g/mol. The van der Waals surface area contributed by atoms with Gasteiger partial charge in [-0.3, -0.25) is 4.79 Å². The van der Waals surface area contributed by atoms with Gasteiger partial charge >= 0.3 is 5.97 Å². The normalized spacial score (nSPS) is 10.3. The van der Waals surface area contributed by atoms with Gasteiger partial charge in [0.2, 0.25) is 0 Å². The predicted octanol–water partition coefficient (Wildman–Crippen LogP) is 2.48. The van der Waals surface area contributed by atoms with Crippen LogP contribution in [0.2, 0.25) is 0 Å². The highest BCUT2D eigenvalue weighted by Crippen LogP contribution is 2.19. The highest BCUT2D eigenvalue weighted by Gasteiger charge is 2.20. The van der Waals surface area contributed by atoms with E-state index in [0.29, 0.717) is 12.2 Å². The van der Waals surface area contributed by atoms with E-state index < -0.39 is 11.9 Å². The number of aryl methyl sites for hydroxylation is 1. The van der Waals surface area contributed by atoms with Crippen molar-refractivity contribution in [3.63, 3.8) is 0 Å². The van der Waals surface area contributed by atoms with Crippen molar-refractivity contribution in [1.29, 1.82) is 0 Å². The van der Waals surface area contributed by atoms with Gasteiger partial charge in [0.05, 0.1) is 7.11 Å². The average molecular weight is 303 g/mol. The van der Waals surface area contributed by atoms with E-state index in [1.54, 1.807) is 20.1 Å². The van der Waals surface area contributed by atoms with E-state index in [4.69, 9.17) is 14.3 Å². The van der Waals surface area contributed by atoms with E-state index >= 15 is 0 Å². The molecule has 2 N–H and O–H groups in total. The van der Waals surface area contributed by atoms with Gasteiger partial charge in [-0.1, -0.05) is 25.1 Å². The monoisotopic (exact) mass is 303 g/mol. The van der Waals surface area contributed by atoms with Gasteiger partial charge in [0.1, 0.15) is 17.1 Å². The largest absolute Gasteiger partial charge is 0.496 e. The number of ether oxygens (including phenoxy) is 1. The third-order valence-corrected chi connectivity index (χ3v) is 3.22. The molecule has 0 aliphatic heterocycles. The summed E-state index contributed by atoms with van der Waals surface area (Å²) in [7, 11) is 1.56. The molecule has 0 saturated heterocycles. The molecule has 0 atom stereocenters. The van der Waals surface area contributed by atoms with Crippen molar-refractivity contribution < 1.29 is 23.8 Å². The Hall–Kier alpha value is -2.76. The molecule has 0 aliphatic carbocycles. The van der Waals surface area contributed by atoms with Gasteiger partial charge in [0.25, 0.3) is 5.91 Å². The Labute approximate surface area is 127 Å². The topological polar surface area (TPSA) is 88.8 Å². The van der Waals surface area contributed by atoms with Crippen LogP contribution in [0.15, 0.2) is 34.7 Å². The number of hydrogen-bond acceptors (Lipinski definition) is 4. The SMILES string of the molecule is CCc1oc(C(=O)NCc2ccccc2OC)cc1C(=O)O. The number of furan rings is 1. The molecule has 2 rings (SSSR count). The third-order valence-electron chi connectivity index (χ3n) is 3.22. The second-order valence-corrected chi connectivity index (χ2v) is 4.60. The van der Waals surface area contributed by atoms with Crippen LogP contribution in [0.1, 0.15) is 39.2 Å².